The highest BCUT2D eigenvalue weighted by Crippen LogP contribution is 2.20. The van der Waals surface area contributed by atoms with Crippen LogP contribution in [0.15, 0.2) is 48.5 Å². The normalized spacial score (nSPS) is 14.5. The van der Waals surface area contributed by atoms with E-state index in [-0.39, 0.29) is 11.8 Å². The average molecular weight is 481 g/mol. The Morgan fingerprint density at radius 3 is 2.53 bits per heavy atom. The lowest BCUT2D eigenvalue weighted by molar-refractivity contribution is -0.133. The molecule has 1 N–H and O–H groups in total. The first-order valence-corrected chi connectivity index (χ1v) is 12.6. The minimum Gasteiger partial charge on any atom is -0.352 e. The van der Waals surface area contributed by atoms with Crippen LogP contribution in [0.5, 0.6) is 0 Å². The Morgan fingerprint density at radius 1 is 1.03 bits per heavy atom. The lowest BCUT2D eigenvalue weighted by Gasteiger charge is -2.30. The summed E-state index contributed by atoms with van der Waals surface area (Å²) in [4.78, 5) is 32.0. The molecule has 7 heteroatoms. The Labute approximate surface area is 206 Å². The lowest BCUT2D eigenvalue weighted by Crippen LogP contribution is -2.39. The quantitative estimate of drug-likeness (QED) is 0.434. The van der Waals surface area contributed by atoms with Crippen molar-refractivity contribution in [2.75, 3.05) is 19.6 Å². The van der Waals surface area contributed by atoms with Crippen molar-refractivity contribution < 1.29 is 9.59 Å². The third-order valence-electron chi connectivity index (χ3n) is 6.63. The van der Waals surface area contributed by atoms with Crippen LogP contribution in [0.25, 0.3) is 11.0 Å². The number of hydrogen-bond donors (Lipinski definition) is 1. The van der Waals surface area contributed by atoms with E-state index in [4.69, 9.17) is 16.6 Å². The Kier molecular flexibility index (Phi) is 8.22. The molecule has 0 bridgehead atoms. The van der Waals surface area contributed by atoms with Crippen LogP contribution in [0.1, 0.15) is 55.2 Å². The minimum absolute atomic E-state index is 0.0796. The fourth-order valence-corrected chi connectivity index (χ4v) is 4.60. The van der Waals surface area contributed by atoms with Gasteiger partial charge in [0.1, 0.15) is 12.4 Å². The van der Waals surface area contributed by atoms with Gasteiger partial charge in [-0.25, -0.2) is 4.98 Å². The van der Waals surface area contributed by atoms with Crippen LogP contribution in [0, 0.1) is 5.92 Å². The number of unbranched alkanes of at least 4 members (excludes halogenated alkanes) is 2. The highest BCUT2D eigenvalue weighted by Gasteiger charge is 2.22. The van der Waals surface area contributed by atoms with Crippen molar-refractivity contribution in [3.05, 3.63) is 64.9 Å². The first-order chi connectivity index (χ1) is 16.5. The molecular formula is C27H33ClN4O2. The third kappa shape index (κ3) is 6.17. The van der Waals surface area contributed by atoms with Crippen molar-refractivity contribution in [1.29, 1.82) is 0 Å². The number of fused-ring (bicyclic) bond motifs is 1. The van der Waals surface area contributed by atoms with Gasteiger partial charge in [0.05, 0.1) is 11.0 Å². The van der Waals surface area contributed by atoms with Crippen molar-refractivity contribution in [2.24, 2.45) is 5.92 Å². The molecule has 0 unspecified atom stereocenters. The van der Waals surface area contributed by atoms with Gasteiger partial charge in [0.15, 0.2) is 0 Å². The summed E-state index contributed by atoms with van der Waals surface area (Å²) in [7, 11) is 0. The van der Waals surface area contributed by atoms with Crippen LogP contribution < -0.4 is 5.32 Å². The molecule has 4 rings (SSSR count). The van der Waals surface area contributed by atoms with Crippen LogP contribution in [-0.2, 0) is 17.8 Å². The van der Waals surface area contributed by atoms with E-state index >= 15 is 0 Å². The van der Waals surface area contributed by atoms with Crippen LogP contribution in [0.3, 0.4) is 0 Å². The number of carbonyl (C=O) groups is 2. The second-order valence-corrected chi connectivity index (χ2v) is 9.68. The van der Waals surface area contributed by atoms with E-state index < -0.39 is 0 Å². The number of carbonyl (C=O) groups excluding carboxylic acids is 2. The molecule has 6 nitrogen and oxygen atoms in total. The molecule has 34 heavy (non-hydrogen) atoms. The molecule has 180 valence electrons. The molecule has 0 atom stereocenters. The zero-order valence-corrected chi connectivity index (χ0v) is 20.6. The molecule has 2 amide bonds. The molecule has 0 aliphatic carbocycles. The summed E-state index contributed by atoms with van der Waals surface area (Å²) in [6.07, 6.45) is 5.79. The van der Waals surface area contributed by atoms with Crippen LogP contribution >= 0.6 is 11.6 Å². The molecule has 1 aliphatic rings. The topological polar surface area (TPSA) is 67.2 Å². The number of nitrogens with one attached hydrogen (secondary N) is 1. The van der Waals surface area contributed by atoms with Crippen molar-refractivity contribution in [3.63, 3.8) is 0 Å². The summed E-state index contributed by atoms with van der Waals surface area (Å²) in [6, 6.07) is 14.9. The standard InChI is InChI=1S/C27H33ClN4O2/c1-20-14-17-31(18-15-20)26(33)19-32-24-8-5-4-7-23(24)30-25(32)9-3-2-6-16-29-27(34)21-10-12-22(28)13-11-21/h4-5,7-8,10-13,20H,2-3,6,9,14-19H2,1H3,(H,29,34). The maximum absolute atomic E-state index is 13.0. The van der Waals surface area contributed by atoms with E-state index in [9.17, 15) is 9.59 Å². The molecule has 3 aromatic rings. The third-order valence-corrected chi connectivity index (χ3v) is 6.88. The smallest absolute Gasteiger partial charge is 0.251 e. The van der Waals surface area contributed by atoms with E-state index in [1.165, 1.54) is 0 Å². The van der Waals surface area contributed by atoms with E-state index in [0.717, 1.165) is 68.5 Å². The fraction of sp³-hybridized carbons (Fsp3) is 0.444. The van der Waals surface area contributed by atoms with Gasteiger partial charge >= 0.3 is 0 Å². The molecule has 1 fully saturated rings. The van der Waals surface area contributed by atoms with Crippen molar-refractivity contribution in [2.45, 2.75) is 52.0 Å². The molecular weight excluding hydrogens is 448 g/mol. The predicted molar refractivity (Wildman–Crippen MR) is 136 cm³/mol. The zero-order valence-electron chi connectivity index (χ0n) is 19.8. The van der Waals surface area contributed by atoms with Gasteiger partial charge in [0, 0.05) is 36.6 Å². The summed E-state index contributed by atoms with van der Waals surface area (Å²) in [5.74, 6) is 1.76. The number of likely N-dealkylation sites (tertiary alicyclic amines) is 1. The van der Waals surface area contributed by atoms with Gasteiger partial charge in [0.2, 0.25) is 5.91 Å². The van der Waals surface area contributed by atoms with E-state index in [2.05, 4.69) is 16.8 Å². The summed E-state index contributed by atoms with van der Waals surface area (Å²) in [5, 5.41) is 3.58. The molecule has 1 aromatic heterocycles. The second kappa shape index (κ2) is 11.5. The zero-order chi connectivity index (χ0) is 23.9. The number of para-hydroxylation sites is 2. The molecule has 2 aromatic carbocycles. The number of amides is 2. The summed E-state index contributed by atoms with van der Waals surface area (Å²) in [5.41, 5.74) is 2.57. The van der Waals surface area contributed by atoms with Gasteiger partial charge in [-0.3, -0.25) is 9.59 Å². The van der Waals surface area contributed by atoms with E-state index in [1.54, 1.807) is 24.3 Å². The predicted octanol–water partition coefficient (Wildman–Crippen LogP) is 5.09. The average Bonchev–Trinajstić information content (AvgIpc) is 3.19. The number of imidazole rings is 1. The van der Waals surface area contributed by atoms with E-state index in [0.29, 0.717) is 29.6 Å². The number of hydrogen-bond acceptors (Lipinski definition) is 3. The molecule has 0 radical (unpaired) electrons. The summed E-state index contributed by atoms with van der Waals surface area (Å²) in [6.45, 7) is 4.94. The fourth-order valence-electron chi connectivity index (χ4n) is 4.48. The Bertz CT molecular complexity index is 1120. The van der Waals surface area contributed by atoms with Crippen LogP contribution in [0.2, 0.25) is 5.02 Å². The van der Waals surface area contributed by atoms with Crippen LogP contribution in [0.4, 0.5) is 0 Å². The van der Waals surface area contributed by atoms with Crippen molar-refractivity contribution in [1.82, 2.24) is 19.8 Å². The second-order valence-electron chi connectivity index (χ2n) is 9.24. The summed E-state index contributed by atoms with van der Waals surface area (Å²) >= 11 is 5.88. The Hall–Kier alpha value is -2.86. The van der Waals surface area contributed by atoms with Gasteiger partial charge in [-0.1, -0.05) is 37.1 Å². The van der Waals surface area contributed by atoms with Gasteiger partial charge in [-0.2, -0.15) is 0 Å². The highest BCUT2D eigenvalue weighted by atomic mass is 35.5. The van der Waals surface area contributed by atoms with Gasteiger partial charge < -0.3 is 14.8 Å². The van der Waals surface area contributed by atoms with E-state index in [1.807, 2.05) is 29.2 Å². The van der Waals surface area contributed by atoms with Crippen molar-refractivity contribution >= 4 is 34.4 Å². The SMILES string of the molecule is CC1CCN(C(=O)Cn2c(CCCCCNC(=O)c3ccc(Cl)cc3)nc3ccccc32)CC1. The first-order valence-electron chi connectivity index (χ1n) is 12.3. The molecule has 1 aliphatic heterocycles. The number of halogens is 1. The Balaban J connectivity index is 1.29. The Morgan fingerprint density at radius 2 is 1.76 bits per heavy atom. The molecule has 2 heterocycles. The summed E-state index contributed by atoms with van der Waals surface area (Å²) < 4.78 is 2.10. The minimum atomic E-state index is -0.0796. The lowest BCUT2D eigenvalue weighted by atomic mass is 9.99. The first kappa shape index (κ1) is 24.3. The van der Waals surface area contributed by atoms with Crippen molar-refractivity contribution in [3.8, 4) is 0 Å². The molecule has 0 saturated carbocycles. The number of aromatic nitrogens is 2. The molecule has 1 saturated heterocycles. The highest BCUT2D eigenvalue weighted by molar-refractivity contribution is 6.30. The number of nitrogens with zero attached hydrogens (tertiary/aromatic N) is 3. The van der Waals surface area contributed by atoms with Gasteiger partial charge in [-0.05, 0) is 68.0 Å². The maximum atomic E-state index is 13.0. The number of piperidine rings is 1. The number of aryl methyl sites for hydroxylation is 1. The largest absolute Gasteiger partial charge is 0.352 e. The monoisotopic (exact) mass is 480 g/mol. The van der Waals surface area contributed by atoms with Gasteiger partial charge in [0.25, 0.3) is 5.91 Å². The molecule has 0 spiro atoms. The van der Waals surface area contributed by atoms with Gasteiger partial charge in [-0.15, -0.1) is 0 Å². The van der Waals surface area contributed by atoms with Crippen LogP contribution in [-0.4, -0.2) is 45.9 Å². The number of benzene rings is 2. The maximum Gasteiger partial charge on any atom is 0.251 e. The number of rotatable bonds is 9.